The molecule has 0 unspecified atom stereocenters. The number of aliphatic imine (C=N–C) groups is 1. The van der Waals surface area contributed by atoms with Gasteiger partial charge in [0, 0.05) is 26.7 Å². The molecule has 160 valence electrons. The third-order valence-corrected chi connectivity index (χ3v) is 5.22. The normalized spacial score (nSPS) is 13.4. The van der Waals surface area contributed by atoms with Crippen molar-refractivity contribution in [3.63, 3.8) is 0 Å². The van der Waals surface area contributed by atoms with E-state index in [0.717, 1.165) is 30.9 Å². The quantitative estimate of drug-likeness (QED) is 0.539. The maximum atomic E-state index is 12.2. The Morgan fingerprint density at radius 3 is 2.43 bits per heavy atom. The molecule has 0 fully saturated rings. The first-order valence-electron chi connectivity index (χ1n) is 10.1. The summed E-state index contributed by atoms with van der Waals surface area (Å²) in [5.41, 5.74) is 3.63. The van der Waals surface area contributed by atoms with E-state index in [0.29, 0.717) is 19.0 Å². The average Bonchev–Trinajstić information content (AvgIpc) is 2.79. The second-order valence-corrected chi connectivity index (χ2v) is 7.13. The second kappa shape index (κ2) is 10.5. The van der Waals surface area contributed by atoms with Crippen LogP contribution in [0.5, 0.6) is 11.5 Å². The molecule has 2 aromatic carbocycles. The topological polar surface area (TPSA) is 75.2 Å². The zero-order valence-corrected chi connectivity index (χ0v) is 17.9. The summed E-state index contributed by atoms with van der Waals surface area (Å²) in [5, 5.41) is 6.13. The number of guanidine groups is 1. The molecule has 7 heteroatoms. The van der Waals surface area contributed by atoms with Crippen molar-refractivity contribution in [1.82, 2.24) is 15.5 Å². The monoisotopic (exact) mass is 410 g/mol. The lowest BCUT2D eigenvalue weighted by molar-refractivity contribution is -0.120. The summed E-state index contributed by atoms with van der Waals surface area (Å²) in [6.07, 6.45) is 1.69. The molecule has 1 heterocycles. The Morgan fingerprint density at radius 1 is 1.07 bits per heavy atom. The van der Waals surface area contributed by atoms with Crippen molar-refractivity contribution in [3.05, 3.63) is 59.2 Å². The highest BCUT2D eigenvalue weighted by Crippen LogP contribution is 2.33. The van der Waals surface area contributed by atoms with Gasteiger partial charge in [-0.05, 0) is 41.7 Å². The van der Waals surface area contributed by atoms with Gasteiger partial charge in [0.2, 0.25) is 5.91 Å². The maximum absolute atomic E-state index is 12.2. The van der Waals surface area contributed by atoms with Crippen LogP contribution in [-0.4, -0.2) is 57.7 Å². The molecule has 0 bridgehead atoms. The molecule has 0 saturated carbocycles. The van der Waals surface area contributed by atoms with Gasteiger partial charge in [0.05, 0.1) is 20.8 Å². The minimum absolute atomic E-state index is 0.0455. The minimum Gasteiger partial charge on any atom is -0.493 e. The molecule has 1 aliphatic heterocycles. The van der Waals surface area contributed by atoms with Crippen LogP contribution in [-0.2, 0) is 24.2 Å². The summed E-state index contributed by atoms with van der Waals surface area (Å²) in [7, 11) is 5.03. The number of nitrogens with zero attached hydrogens (tertiary/aromatic N) is 2. The molecule has 0 atom stereocenters. The SMILES string of the molecule is CN=C(NCC(=O)NCCc1ccccc1)N1CCc2cc(OC)c(OC)cc2C1. The summed E-state index contributed by atoms with van der Waals surface area (Å²) < 4.78 is 10.8. The van der Waals surface area contributed by atoms with Crippen molar-refractivity contribution in [2.45, 2.75) is 19.4 Å². The van der Waals surface area contributed by atoms with Crippen LogP contribution in [0.4, 0.5) is 0 Å². The molecule has 2 aromatic rings. The van der Waals surface area contributed by atoms with Gasteiger partial charge in [-0.15, -0.1) is 0 Å². The first-order valence-corrected chi connectivity index (χ1v) is 10.1. The second-order valence-electron chi connectivity index (χ2n) is 7.13. The predicted molar refractivity (Wildman–Crippen MR) is 118 cm³/mol. The molecule has 0 spiro atoms. The molecule has 0 radical (unpaired) electrons. The van der Waals surface area contributed by atoms with Gasteiger partial charge in [0.25, 0.3) is 0 Å². The number of hydrogen-bond acceptors (Lipinski definition) is 4. The van der Waals surface area contributed by atoms with E-state index in [2.05, 4.69) is 32.7 Å². The average molecular weight is 411 g/mol. The van der Waals surface area contributed by atoms with Crippen molar-refractivity contribution in [2.75, 3.05) is 40.9 Å². The predicted octanol–water partition coefficient (Wildman–Crippen LogP) is 2.00. The third-order valence-electron chi connectivity index (χ3n) is 5.22. The molecule has 2 N–H and O–H groups in total. The smallest absolute Gasteiger partial charge is 0.239 e. The summed E-state index contributed by atoms with van der Waals surface area (Å²) in [4.78, 5) is 18.7. The molecule has 30 heavy (non-hydrogen) atoms. The Balaban J connectivity index is 1.51. The summed E-state index contributed by atoms with van der Waals surface area (Å²) >= 11 is 0. The van der Waals surface area contributed by atoms with Crippen molar-refractivity contribution >= 4 is 11.9 Å². The molecule has 0 aromatic heterocycles. The van der Waals surface area contributed by atoms with Crippen LogP contribution in [0.2, 0.25) is 0 Å². The number of nitrogens with one attached hydrogen (secondary N) is 2. The van der Waals surface area contributed by atoms with E-state index in [-0.39, 0.29) is 12.5 Å². The highest BCUT2D eigenvalue weighted by molar-refractivity contribution is 5.86. The van der Waals surface area contributed by atoms with Crippen LogP contribution < -0.4 is 20.1 Å². The number of rotatable bonds is 7. The van der Waals surface area contributed by atoms with Crippen molar-refractivity contribution in [2.24, 2.45) is 4.99 Å². The van der Waals surface area contributed by atoms with Gasteiger partial charge in [0.15, 0.2) is 17.5 Å². The lowest BCUT2D eigenvalue weighted by Crippen LogP contribution is -2.47. The molecular weight excluding hydrogens is 380 g/mol. The van der Waals surface area contributed by atoms with E-state index < -0.39 is 0 Å². The van der Waals surface area contributed by atoms with Crippen molar-refractivity contribution in [3.8, 4) is 11.5 Å². The van der Waals surface area contributed by atoms with E-state index in [9.17, 15) is 4.79 Å². The lowest BCUT2D eigenvalue weighted by Gasteiger charge is -2.32. The van der Waals surface area contributed by atoms with E-state index >= 15 is 0 Å². The summed E-state index contributed by atoms with van der Waals surface area (Å²) in [5.74, 6) is 2.14. The first kappa shape index (κ1) is 21.5. The number of fused-ring (bicyclic) bond motifs is 1. The van der Waals surface area contributed by atoms with Crippen LogP contribution in [0.25, 0.3) is 0 Å². The van der Waals surface area contributed by atoms with Gasteiger partial charge < -0.3 is 25.0 Å². The Labute approximate surface area is 178 Å². The summed E-state index contributed by atoms with van der Waals surface area (Å²) in [6.45, 7) is 2.32. The highest BCUT2D eigenvalue weighted by Gasteiger charge is 2.22. The van der Waals surface area contributed by atoms with Gasteiger partial charge in [-0.25, -0.2) is 0 Å². The number of benzene rings is 2. The van der Waals surface area contributed by atoms with Crippen LogP contribution in [0.1, 0.15) is 16.7 Å². The Kier molecular flexibility index (Phi) is 7.54. The number of carbonyl (C=O) groups is 1. The van der Waals surface area contributed by atoms with Gasteiger partial charge in [-0.2, -0.15) is 0 Å². The fraction of sp³-hybridized carbons (Fsp3) is 0.391. The Morgan fingerprint density at radius 2 is 1.77 bits per heavy atom. The maximum Gasteiger partial charge on any atom is 0.239 e. The number of ether oxygens (including phenoxy) is 2. The number of methoxy groups -OCH3 is 2. The van der Waals surface area contributed by atoms with Crippen LogP contribution >= 0.6 is 0 Å². The number of hydrogen-bond donors (Lipinski definition) is 2. The zero-order chi connectivity index (χ0) is 21.3. The molecule has 0 saturated heterocycles. The molecular formula is C23H30N4O3. The molecule has 1 aliphatic rings. The molecule has 0 aliphatic carbocycles. The Hall–Kier alpha value is -3.22. The third kappa shape index (κ3) is 5.43. The number of amides is 1. The van der Waals surface area contributed by atoms with Crippen LogP contribution in [0.3, 0.4) is 0 Å². The van der Waals surface area contributed by atoms with Gasteiger partial charge in [0.1, 0.15) is 0 Å². The van der Waals surface area contributed by atoms with Gasteiger partial charge in [-0.1, -0.05) is 30.3 Å². The summed E-state index contributed by atoms with van der Waals surface area (Å²) in [6, 6.07) is 14.2. The first-order chi connectivity index (χ1) is 14.6. The van der Waals surface area contributed by atoms with Gasteiger partial charge in [-0.3, -0.25) is 9.79 Å². The standard InChI is InChI=1S/C23H30N4O3/c1-24-23(26-15-22(28)25-11-9-17-7-5-4-6-8-17)27-12-10-18-13-20(29-2)21(30-3)14-19(18)16-27/h4-8,13-14H,9-12,15-16H2,1-3H3,(H,24,26)(H,25,28). The Bertz CT molecular complexity index is 884. The van der Waals surface area contributed by atoms with E-state index in [1.807, 2.05) is 30.3 Å². The fourth-order valence-electron chi connectivity index (χ4n) is 3.61. The van der Waals surface area contributed by atoms with E-state index in [1.54, 1.807) is 21.3 Å². The fourth-order valence-corrected chi connectivity index (χ4v) is 3.61. The van der Waals surface area contributed by atoms with E-state index in [4.69, 9.17) is 9.47 Å². The van der Waals surface area contributed by atoms with Crippen LogP contribution in [0, 0.1) is 0 Å². The minimum atomic E-state index is -0.0455. The van der Waals surface area contributed by atoms with E-state index in [1.165, 1.54) is 16.7 Å². The van der Waals surface area contributed by atoms with Crippen molar-refractivity contribution in [1.29, 1.82) is 0 Å². The lowest BCUT2D eigenvalue weighted by atomic mass is 9.99. The van der Waals surface area contributed by atoms with Crippen LogP contribution in [0.15, 0.2) is 47.5 Å². The van der Waals surface area contributed by atoms with Gasteiger partial charge >= 0.3 is 0 Å². The zero-order valence-electron chi connectivity index (χ0n) is 17.9. The molecule has 1 amide bonds. The largest absolute Gasteiger partial charge is 0.493 e. The van der Waals surface area contributed by atoms with Crippen molar-refractivity contribution < 1.29 is 14.3 Å². The molecule has 3 rings (SSSR count). The molecule has 7 nitrogen and oxygen atoms in total. The number of carbonyl (C=O) groups excluding carboxylic acids is 1. The highest BCUT2D eigenvalue weighted by atomic mass is 16.5.